The van der Waals surface area contributed by atoms with Gasteiger partial charge >= 0.3 is 0 Å². The van der Waals surface area contributed by atoms with Gasteiger partial charge in [-0.05, 0) is 84.6 Å². The summed E-state index contributed by atoms with van der Waals surface area (Å²) in [4.78, 5) is 14.2. The smallest absolute Gasteiger partial charge is 0.297 e. The van der Waals surface area contributed by atoms with Gasteiger partial charge in [0.15, 0.2) is 0 Å². The molecule has 0 saturated carbocycles. The molecule has 0 aliphatic heterocycles. The maximum Gasteiger partial charge on any atom is 0.297 e. The SMILES string of the molecule is COS(=O)(=O)c1cc(N=Nc2ccc(Cc3nc(Cc4ccc(N=Nc5cc(S(=O)(=O)OC)c6cccc(S(=O)(=O)OC)c6c5)c(C)c4)nc(N(C)CO)n3)cc2C)cc2c(S(=O)(=O)OC)cccc12. The number of aliphatic hydroxyl groups excluding tert-OH is 1. The van der Waals surface area contributed by atoms with Crippen LogP contribution in [0.3, 0.4) is 0 Å². The van der Waals surface area contributed by atoms with Gasteiger partial charge in [0.1, 0.15) is 38.0 Å². The van der Waals surface area contributed by atoms with Crippen molar-refractivity contribution in [1.29, 1.82) is 0 Å². The zero-order valence-electron chi connectivity index (χ0n) is 38.4. The predicted molar refractivity (Wildman–Crippen MR) is 256 cm³/mol. The highest BCUT2D eigenvalue weighted by Crippen LogP contribution is 2.37. The van der Waals surface area contributed by atoms with Crippen molar-refractivity contribution in [2.24, 2.45) is 20.5 Å². The van der Waals surface area contributed by atoms with E-state index in [1.54, 1.807) is 45.2 Å². The van der Waals surface area contributed by atoms with E-state index in [1.807, 2.05) is 12.1 Å². The van der Waals surface area contributed by atoms with E-state index in [0.29, 0.717) is 34.2 Å². The number of azo groups is 2. The van der Waals surface area contributed by atoms with E-state index in [2.05, 4.69) is 30.4 Å². The molecule has 1 aromatic heterocycles. The van der Waals surface area contributed by atoms with Gasteiger partial charge in [0.05, 0.1) is 51.2 Å². The summed E-state index contributed by atoms with van der Waals surface area (Å²) in [6, 6.07) is 24.2. The highest BCUT2D eigenvalue weighted by Gasteiger charge is 2.26. The van der Waals surface area contributed by atoms with E-state index >= 15 is 0 Å². The number of hydrogen-bond donors (Lipinski definition) is 1. The first-order valence-electron chi connectivity index (χ1n) is 20.6. The molecule has 1 heterocycles. The number of benzene rings is 6. The largest absolute Gasteiger partial charge is 0.376 e. The molecule has 0 radical (unpaired) electrons. The maximum absolute atomic E-state index is 12.9. The monoisotopic (exact) mass is 1030 g/mol. The van der Waals surface area contributed by atoms with Crippen molar-refractivity contribution >= 4 is 90.7 Å². The van der Waals surface area contributed by atoms with E-state index < -0.39 is 40.5 Å². The topological polar surface area (TPSA) is 285 Å². The summed E-state index contributed by atoms with van der Waals surface area (Å²) in [7, 11) is -11.5. The van der Waals surface area contributed by atoms with Crippen LogP contribution >= 0.6 is 0 Å². The number of aryl methyl sites for hydroxylation is 2. The molecule has 0 spiro atoms. The molecular weight excluding hydrogens is 989 g/mol. The fourth-order valence-corrected chi connectivity index (χ4v) is 10.8. The minimum atomic E-state index is -4.32. The zero-order chi connectivity index (χ0) is 50.8. The molecule has 0 atom stereocenters. The van der Waals surface area contributed by atoms with E-state index in [9.17, 15) is 38.8 Å². The van der Waals surface area contributed by atoms with Crippen LogP contribution in [0.5, 0.6) is 0 Å². The maximum atomic E-state index is 12.9. The molecule has 6 aromatic carbocycles. The molecule has 21 nitrogen and oxygen atoms in total. The second kappa shape index (κ2) is 20.4. The first-order chi connectivity index (χ1) is 33.1. The fourth-order valence-electron chi connectivity index (χ4n) is 7.26. The summed E-state index contributed by atoms with van der Waals surface area (Å²) in [5, 5.41) is 27.5. The third-order valence-corrected chi connectivity index (χ3v) is 16.1. The third-order valence-electron chi connectivity index (χ3n) is 10.8. The van der Waals surface area contributed by atoms with E-state index in [0.717, 1.165) is 39.6 Å². The van der Waals surface area contributed by atoms with Crippen LogP contribution in [0.25, 0.3) is 21.5 Å². The first-order valence-corrected chi connectivity index (χ1v) is 26.2. The van der Waals surface area contributed by atoms with E-state index in [1.165, 1.54) is 65.6 Å². The predicted octanol–water partition coefficient (Wildman–Crippen LogP) is 7.53. The number of fused-ring (bicyclic) bond motifs is 2. The molecule has 0 aliphatic carbocycles. The summed E-state index contributed by atoms with van der Waals surface area (Å²) in [6.45, 7) is 3.22. The number of rotatable bonds is 18. The van der Waals surface area contributed by atoms with Crippen molar-refractivity contribution in [2.45, 2.75) is 46.3 Å². The number of aromatic nitrogens is 3. The van der Waals surface area contributed by atoms with Gasteiger partial charge in [0.2, 0.25) is 5.95 Å². The van der Waals surface area contributed by atoms with Crippen LogP contribution in [-0.4, -0.2) is 95.9 Å². The lowest BCUT2D eigenvalue weighted by Crippen LogP contribution is -2.22. The lowest BCUT2D eigenvalue weighted by atomic mass is 10.1. The lowest BCUT2D eigenvalue weighted by molar-refractivity contribution is 0.296. The van der Waals surface area contributed by atoms with Crippen LogP contribution in [0.2, 0.25) is 0 Å². The Morgan fingerprint density at radius 2 is 0.871 bits per heavy atom. The number of aliphatic hydroxyl groups is 1. The molecular formula is C45H44N8O13S4. The minimum absolute atomic E-state index is 0.0356. The van der Waals surface area contributed by atoms with Gasteiger partial charge in [-0.1, -0.05) is 48.5 Å². The normalized spacial score (nSPS) is 12.7. The van der Waals surface area contributed by atoms with Crippen molar-refractivity contribution < 1.29 is 55.5 Å². The Morgan fingerprint density at radius 3 is 1.23 bits per heavy atom. The van der Waals surface area contributed by atoms with Gasteiger partial charge in [-0.2, -0.15) is 64.1 Å². The highest BCUT2D eigenvalue weighted by atomic mass is 32.2. The van der Waals surface area contributed by atoms with Crippen molar-refractivity contribution in [3.8, 4) is 0 Å². The Morgan fingerprint density at radius 1 is 0.486 bits per heavy atom. The summed E-state index contributed by atoms with van der Waals surface area (Å²) in [5.41, 5.74) is 3.90. The lowest BCUT2D eigenvalue weighted by Gasteiger charge is -2.15. The van der Waals surface area contributed by atoms with Crippen molar-refractivity contribution in [2.75, 3.05) is 47.1 Å². The minimum Gasteiger partial charge on any atom is -0.376 e. The molecule has 7 rings (SSSR count). The molecule has 0 saturated heterocycles. The van der Waals surface area contributed by atoms with Gasteiger partial charge in [-0.25, -0.2) is 4.98 Å². The molecule has 366 valence electrons. The standard InChI is InChI=1S/C45H44N8O13S4/c1-27-18-29(14-16-37(27)51-49-31-22-35-33(41(24-31)69(59,60)65-6)10-8-12-39(35)67(55,56)63-4)20-43-46-44(48-45(47-43)53(3)26-54)21-30-15-17-38(28(2)19-30)52-50-32-23-36-34(42(25-32)70(61,62)66-7)11-9-13-40(36)68(57,58)64-5/h8-19,22-25,54H,20-21,26H2,1-7H3. The van der Waals surface area contributed by atoms with Gasteiger partial charge in [0.25, 0.3) is 40.5 Å². The zero-order valence-corrected chi connectivity index (χ0v) is 41.7. The molecule has 0 fully saturated rings. The Balaban J connectivity index is 1.14. The second-order valence-electron chi connectivity index (χ2n) is 15.4. The molecule has 70 heavy (non-hydrogen) atoms. The summed E-state index contributed by atoms with van der Waals surface area (Å²) in [6.07, 6.45) is 0.498. The highest BCUT2D eigenvalue weighted by molar-refractivity contribution is 7.88. The van der Waals surface area contributed by atoms with Crippen LogP contribution < -0.4 is 4.90 Å². The van der Waals surface area contributed by atoms with Crippen LogP contribution in [0.15, 0.2) is 137 Å². The van der Waals surface area contributed by atoms with Crippen LogP contribution in [0.4, 0.5) is 28.7 Å². The molecule has 1 N–H and O–H groups in total. The van der Waals surface area contributed by atoms with Crippen molar-refractivity contribution in [3.05, 3.63) is 131 Å². The van der Waals surface area contributed by atoms with Crippen molar-refractivity contribution in [3.63, 3.8) is 0 Å². The Kier molecular flexibility index (Phi) is 15.0. The number of anilines is 1. The van der Waals surface area contributed by atoms with Crippen LogP contribution in [0.1, 0.15) is 33.9 Å². The molecule has 0 unspecified atom stereocenters. The van der Waals surface area contributed by atoms with Crippen molar-refractivity contribution in [1.82, 2.24) is 15.0 Å². The third kappa shape index (κ3) is 10.9. The average molecular weight is 1030 g/mol. The first kappa shape index (κ1) is 51.3. The molecule has 0 bridgehead atoms. The molecule has 0 amide bonds. The fraction of sp³-hybridized carbons (Fsp3) is 0.222. The Labute approximate surface area is 404 Å². The second-order valence-corrected chi connectivity index (χ2v) is 22.1. The van der Waals surface area contributed by atoms with Gasteiger partial charge in [0, 0.05) is 41.4 Å². The van der Waals surface area contributed by atoms with E-state index in [4.69, 9.17) is 21.7 Å². The van der Waals surface area contributed by atoms with E-state index in [-0.39, 0.29) is 78.0 Å². The Hall–Kier alpha value is -6.55. The van der Waals surface area contributed by atoms with Gasteiger partial charge in [-0.15, -0.1) is 0 Å². The van der Waals surface area contributed by atoms with Crippen LogP contribution in [-0.2, 0) is 70.0 Å². The number of nitrogens with zero attached hydrogens (tertiary/aromatic N) is 8. The molecule has 7 aromatic rings. The number of hydrogen-bond acceptors (Lipinski definition) is 21. The van der Waals surface area contributed by atoms with Gasteiger partial charge < -0.3 is 10.0 Å². The Bertz CT molecular complexity index is 3490. The molecule has 0 aliphatic rings. The summed E-state index contributed by atoms with van der Waals surface area (Å²) >= 11 is 0. The summed E-state index contributed by atoms with van der Waals surface area (Å²) < 4.78 is 122. The average Bonchev–Trinajstić information content (AvgIpc) is 3.34. The van der Waals surface area contributed by atoms with Crippen LogP contribution in [0, 0.1) is 13.8 Å². The molecule has 25 heteroatoms. The summed E-state index contributed by atoms with van der Waals surface area (Å²) in [5.74, 6) is 1.02. The quantitative estimate of drug-likeness (QED) is 0.0493. The van der Waals surface area contributed by atoms with Gasteiger partial charge in [-0.3, -0.25) is 16.7 Å².